The molecule has 2 nitrogen and oxygen atoms in total. The van der Waals surface area contributed by atoms with Gasteiger partial charge in [-0.2, -0.15) is 0 Å². The predicted octanol–water partition coefficient (Wildman–Crippen LogP) is 3.25. The largest absolute Gasteiger partial charge is 0.441 e. The number of alkyl halides is 1. The predicted molar refractivity (Wildman–Crippen MR) is 54.9 cm³/mol. The van der Waals surface area contributed by atoms with E-state index in [0.717, 1.165) is 17.3 Å². The molecule has 0 aliphatic rings. The number of hydrogen-bond donors (Lipinski definition) is 0. The molecule has 0 aliphatic carbocycles. The lowest BCUT2D eigenvalue weighted by Crippen LogP contribution is -1.95. The summed E-state index contributed by atoms with van der Waals surface area (Å²) in [5.74, 6) is 0.622. The summed E-state index contributed by atoms with van der Waals surface area (Å²) >= 11 is 6.33. The molecule has 0 amide bonds. The lowest BCUT2D eigenvalue weighted by molar-refractivity contribution is 0.194. The standard InChI is InChI=1S/C9H9ClO2S/c10-7-12-9(11)13-6-8-4-2-1-3-5-8/h1-5H,6-7H2. The van der Waals surface area contributed by atoms with E-state index >= 15 is 0 Å². The van der Waals surface area contributed by atoms with Crippen LogP contribution in [-0.4, -0.2) is 11.4 Å². The van der Waals surface area contributed by atoms with E-state index in [9.17, 15) is 4.79 Å². The maximum Gasteiger partial charge on any atom is 0.368 e. The van der Waals surface area contributed by atoms with Gasteiger partial charge in [-0.3, -0.25) is 0 Å². The van der Waals surface area contributed by atoms with E-state index in [4.69, 9.17) is 11.6 Å². The molecule has 1 aromatic rings. The molecule has 4 heteroatoms. The average Bonchev–Trinajstić information content (AvgIpc) is 2.17. The van der Waals surface area contributed by atoms with E-state index in [0.29, 0.717) is 5.75 Å². The van der Waals surface area contributed by atoms with Gasteiger partial charge in [0.25, 0.3) is 0 Å². The highest BCUT2D eigenvalue weighted by atomic mass is 35.5. The number of thioether (sulfide) groups is 1. The maximum atomic E-state index is 10.9. The topological polar surface area (TPSA) is 26.3 Å². The Morgan fingerprint density at radius 1 is 1.38 bits per heavy atom. The van der Waals surface area contributed by atoms with Crippen LogP contribution in [0.25, 0.3) is 0 Å². The van der Waals surface area contributed by atoms with Crippen molar-refractivity contribution >= 4 is 28.7 Å². The first-order chi connectivity index (χ1) is 6.33. The van der Waals surface area contributed by atoms with Crippen LogP contribution in [0.3, 0.4) is 0 Å². The first kappa shape index (κ1) is 10.4. The van der Waals surface area contributed by atoms with Gasteiger partial charge < -0.3 is 4.74 Å². The molecule has 70 valence electrons. The highest BCUT2D eigenvalue weighted by Gasteiger charge is 2.02. The third-order valence-electron chi connectivity index (χ3n) is 1.37. The molecule has 0 saturated carbocycles. The molecule has 1 rings (SSSR count). The van der Waals surface area contributed by atoms with Gasteiger partial charge in [0, 0.05) is 5.75 Å². The molecule has 0 aliphatic heterocycles. The summed E-state index contributed by atoms with van der Waals surface area (Å²) in [6.45, 7) is 0. The van der Waals surface area contributed by atoms with Crippen molar-refractivity contribution < 1.29 is 9.53 Å². The molecule has 0 radical (unpaired) electrons. The second kappa shape index (κ2) is 5.89. The lowest BCUT2D eigenvalue weighted by Gasteiger charge is -1.99. The Kier molecular flexibility index (Phi) is 4.72. The molecule has 0 fully saturated rings. The van der Waals surface area contributed by atoms with Gasteiger partial charge in [0.1, 0.15) is 0 Å². The first-order valence-electron chi connectivity index (χ1n) is 3.72. The van der Waals surface area contributed by atoms with Crippen LogP contribution in [0, 0.1) is 0 Å². The van der Waals surface area contributed by atoms with E-state index in [-0.39, 0.29) is 11.4 Å². The highest BCUT2D eigenvalue weighted by Crippen LogP contribution is 2.14. The van der Waals surface area contributed by atoms with E-state index in [2.05, 4.69) is 4.74 Å². The number of carbonyl (C=O) groups excluding carboxylic acids is 1. The summed E-state index contributed by atoms with van der Waals surface area (Å²) in [4.78, 5) is 10.9. The second-order valence-corrected chi connectivity index (χ2v) is 3.41. The van der Waals surface area contributed by atoms with Gasteiger partial charge in [0.2, 0.25) is 0 Å². The molecule has 0 saturated heterocycles. The van der Waals surface area contributed by atoms with Crippen LogP contribution in [0.5, 0.6) is 0 Å². The average molecular weight is 217 g/mol. The van der Waals surface area contributed by atoms with Crippen molar-refractivity contribution in [2.45, 2.75) is 5.75 Å². The molecule has 0 spiro atoms. The van der Waals surface area contributed by atoms with Crippen molar-refractivity contribution in [1.29, 1.82) is 0 Å². The van der Waals surface area contributed by atoms with Crippen molar-refractivity contribution in [2.24, 2.45) is 0 Å². The fourth-order valence-corrected chi connectivity index (χ4v) is 1.59. The van der Waals surface area contributed by atoms with Crippen LogP contribution < -0.4 is 0 Å². The number of halogens is 1. The molecule has 0 heterocycles. The van der Waals surface area contributed by atoms with Gasteiger partial charge in [-0.15, -0.1) is 0 Å². The lowest BCUT2D eigenvalue weighted by atomic mass is 10.2. The molecule has 0 aromatic heterocycles. The zero-order valence-electron chi connectivity index (χ0n) is 6.90. The van der Waals surface area contributed by atoms with E-state index in [1.54, 1.807) is 0 Å². The van der Waals surface area contributed by atoms with Crippen molar-refractivity contribution in [3.63, 3.8) is 0 Å². The normalized spacial score (nSPS) is 9.62. The zero-order valence-corrected chi connectivity index (χ0v) is 8.48. The van der Waals surface area contributed by atoms with Crippen LogP contribution in [0.1, 0.15) is 5.56 Å². The molecule has 0 atom stereocenters. The molecular formula is C9H9ClO2S. The van der Waals surface area contributed by atoms with Crippen LogP contribution in [0.15, 0.2) is 30.3 Å². The summed E-state index contributed by atoms with van der Waals surface area (Å²) in [6.07, 6.45) is 0. The van der Waals surface area contributed by atoms with Gasteiger partial charge in [-0.05, 0) is 17.3 Å². The number of carbonyl (C=O) groups is 1. The van der Waals surface area contributed by atoms with Gasteiger partial charge in [-0.25, -0.2) is 4.79 Å². The van der Waals surface area contributed by atoms with Crippen LogP contribution in [-0.2, 0) is 10.5 Å². The zero-order chi connectivity index (χ0) is 9.52. The van der Waals surface area contributed by atoms with E-state index in [1.807, 2.05) is 30.3 Å². The maximum absolute atomic E-state index is 10.9. The molecule has 0 unspecified atom stereocenters. The molecule has 13 heavy (non-hydrogen) atoms. The van der Waals surface area contributed by atoms with Crippen molar-refractivity contribution in [2.75, 3.05) is 6.07 Å². The Labute approximate surface area is 86.2 Å². The highest BCUT2D eigenvalue weighted by molar-refractivity contribution is 8.12. The molecule has 0 bridgehead atoms. The summed E-state index contributed by atoms with van der Waals surface area (Å²) in [7, 11) is 0. The monoisotopic (exact) mass is 216 g/mol. The quantitative estimate of drug-likeness (QED) is 0.573. The fourth-order valence-electron chi connectivity index (χ4n) is 0.803. The molecule has 1 aromatic carbocycles. The van der Waals surface area contributed by atoms with Crippen molar-refractivity contribution in [1.82, 2.24) is 0 Å². The first-order valence-corrected chi connectivity index (χ1v) is 5.24. The molecule has 0 N–H and O–H groups in total. The van der Waals surface area contributed by atoms with Crippen molar-refractivity contribution in [3.05, 3.63) is 35.9 Å². The minimum atomic E-state index is -0.334. The van der Waals surface area contributed by atoms with Crippen LogP contribution in [0.2, 0.25) is 0 Å². The minimum absolute atomic E-state index is 0.0827. The number of ether oxygens (including phenoxy) is 1. The van der Waals surface area contributed by atoms with Crippen LogP contribution >= 0.6 is 23.4 Å². The van der Waals surface area contributed by atoms with Crippen molar-refractivity contribution in [3.8, 4) is 0 Å². The smallest absolute Gasteiger partial charge is 0.368 e. The van der Waals surface area contributed by atoms with Gasteiger partial charge in [0.05, 0.1) is 0 Å². The fraction of sp³-hybridized carbons (Fsp3) is 0.222. The van der Waals surface area contributed by atoms with Crippen LogP contribution in [0.4, 0.5) is 4.79 Å². The number of hydrogen-bond acceptors (Lipinski definition) is 3. The van der Waals surface area contributed by atoms with Gasteiger partial charge in [-0.1, -0.05) is 41.9 Å². The van der Waals surface area contributed by atoms with E-state index < -0.39 is 0 Å². The summed E-state index contributed by atoms with van der Waals surface area (Å²) < 4.78 is 4.55. The SMILES string of the molecule is O=C(OCCl)SCc1ccccc1. The Bertz CT molecular complexity index is 264. The van der Waals surface area contributed by atoms with Gasteiger partial charge >= 0.3 is 5.30 Å². The number of rotatable bonds is 3. The Balaban J connectivity index is 2.31. The number of benzene rings is 1. The summed E-state index contributed by atoms with van der Waals surface area (Å²) in [5.41, 5.74) is 1.10. The third kappa shape index (κ3) is 4.20. The Morgan fingerprint density at radius 2 is 2.08 bits per heavy atom. The summed E-state index contributed by atoms with van der Waals surface area (Å²) in [5, 5.41) is -0.334. The second-order valence-electron chi connectivity index (χ2n) is 2.28. The van der Waals surface area contributed by atoms with Gasteiger partial charge in [0.15, 0.2) is 6.07 Å². The molecular weight excluding hydrogens is 208 g/mol. The third-order valence-corrected chi connectivity index (χ3v) is 2.31. The Morgan fingerprint density at radius 3 is 2.69 bits per heavy atom. The minimum Gasteiger partial charge on any atom is -0.441 e. The Hall–Kier alpha value is -0.670. The summed E-state index contributed by atoms with van der Waals surface area (Å²) in [6, 6.07) is 9.64. The van der Waals surface area contributed by atoms with E-state index in [1.165, 1.54) is 0 Å².